The molecule has 0 saturated heterocycles. The molecule has 2 heterocycles. The number of fused-ring (bicyclic) bond motifs is 1. The van der Waals surface area contributed by atoms with Gasteiger partial charge in [-0.15, -0.1) is 0 Å². The van der Waals surface area contributed by atoms with E-state index in [0.29, 0.717) is 36.8 Å². The zero-order valence-electron chi connectivity index (χ0n) is 11.5. The van der Waals surface area contributed by atoms with Crippen molar-refractivity contribution in [2.24, 2.45) is 5.84 Å². The maximum absolute atomic E-state index is 12.6. The predicted molar refractivity (Wildman–Crippen MR) is 78.7 cm³/mol. The van der Waals surface area contributed by atoms with Crippen LogP contribution in [-0.2, 0) is 6.54 Å². The van der Waals surface area contributed by atoms with Crippen molar-refractivity contribution < 1.29 is 9.53 Å². The number of nitrogens with one attached hydrogen (secondary N) is 1. The topological polar surface area (TPSA) is 80.5 Å². The van der Waals surface area contributed by atoms with Crippen LogP contribution in [-0.4, -0.2) is 28.9 Å². The van der Waals surface area contributed by atoms with E-state index in [1.54, 1.807) is 23.2 Å². The number of hydrazine groups is 1. The molecule has 0 bridgehead atoms. The maximum atomic E-state index is 12.6. The van der Waals surface area contributed by atoms with Gasteiger partial charge < -0.3 is 15.1 Å². The molecule has 0 radical (unpaired) electrons. The lowest BCUT2D eigenvalue weighted by atomic mass is 10.1. The van der Waals surface area contributed by atoms with E-state index in [2.05, 4.69) is 10.4 Å². The van der Waals surface area contributed by atoms with E-state index in [4.69, 9.17) is 10.6 Å². The van der Waals surface area contributed by atoms with Crippen LogP contribution in [0.15, 0.2) is 42.6 Å². The van der Waals surface area contributed by atoms with E-state index in [1.807, 2.05) is 24.3 Å². The molecule has 0 saturated carbocycles. The molecule has 0 atom stereocenters. The Balaban J connectivity index is 1.80. The fraction of sp³-hybridized carbons (Fsp3) is 0.200. The molecule has 1 aromatic heterocycles. The molecule has 1 aliphatic rings. The second-order valence-corrected chi connectivity index (χ2v) is 4.77. The fourth-order valence-electron chi connectivity index (χ4n) is 2.28. The van der Waals surface area contributed by atoms with Gasteiger partial charge in [0.1, 0.15) is 18.2 Å². The number of rotatable bonds is 3. The number of anilines is 1. The van der Waals surface area contributed by atoms with Crippen LogP contribution in [0.1, 0.15) is 15.9 Å². The van der Waals surface area contributed by atoms with Gasteiger partial charge in [0.25, 0.3) is 5.91 Å². The number of nitrogens with two attached hydrogens (primary N) is 1. The average molecular weight is 284 g/mol. The Hall–Kier alpha value is -2.60. The standard InChI is InChI=1S/C15H16N4O2/c16-18-14-6-5-11(9-17-14)10-19-7-8-21-13-4-2-1-3-12(13)15(19)20/h1-6,9H,7-8,10,16H2,(H,17,18). The Kier molecular flexibility index (Phi) is 3.70. The summed E-state index contributed by atoms with van der Waals surface area (Å²) in [6, 6.07) is 11.0. The summed E-state index contributed by atoms with van der Waals surface area (Å²) in [5.74, 6) is 6.50. The first kappa shape index (κ1) is 13.4. The van der Waals surface area contributed by atoms with Crippen molar-refractivity contribution in [3.8, 4) is 5.75 Å². The summed E-state index contributed by atoms with van der Waals surface area (Å²) >= 11 is 0. The number of benzene rings is 1. The summed E-state index contributed by atoms with van der Waals surface area (Å²) in [7, 11) is 0. The first-order valence-corrected chi connectivity index (χ1v) is 6.70. The summed E-state index contributed by atoms with van der Waals surface area (Å²) in [6.45, 7) is 1.53. The Morgan fingerprint density at radius 1 is 1.29 bits per heavy atom. The molecule has 0 unspecified atom stereocenters. The highest BCUT2D eigenvalue weighted by Crippen LogP contribution is 2.23. The number of para-hydroxylation sites is 1. The second kappa shape index (κ2) is 5.80. The number of aromatic nitrogens is 1. The average Bonchev–Trinajstić information content (AvgIpc) is 2.69. The van der Waals surface area contributed by atoms with Crippen molar-refractivity contribution >= 4 is 11.7 Å². The van der Waals surface area contributed by atoms with E-state index >= 15 is 0 Å². The third kappa shape index (κ3) is 2.80. The van der Waals surface area contributed by atoms with Gasteiger partial charge in [0.15, 0.2) is 0 Å². The SMILES string of the molecule is NNc1ccc(CN2CCOc3ccccc3C2=O)cn1. The number of nitrogens with zero attached hydrogens (tertiary/aromatic N) is 2. The highest BCUT2D eigenvalue weighted by atomic mass is 16.5. The number of hydrogen-bond donors (Lipinski definition) is 2. The van der Waals surface area contributed by atoms with Crippen molar-refractivity contribution in [3.05, 3.63) is 53.7 Å². The van der Waals surface area contributed by atoms with Crippen LogP contribution in [0.25, 0.3) is 0 Å². The summed E-state index contributed by atoms with van der Waals surface area (Å²) in [4.78, 5) is 18.5. The molecule has 1 aliphatic heterocycles. The molecule has 0 aliphatic carbocycles. The van der Waals surface area contributed by atoms with Crippen molar-refractivity contribution in [1.82, 2.24) is 9.88 Å². The van der Waals surface area contributed by atoms with Gasteiger partial charge in [-0.3, -0.25) is 4.79 Å². The van der Waals surface area contributed by atoms with E-state index in [9.17, 15) is 4.79 Å². The Morgan fingerprint density at radius 2 is 2.14 bits per heavy atom. The summed E-state index contributed by atoms with van der Waals surface area (Å²) < 4.78 is 5.62. The summed E-state index contributed by atoms with van der Waals surface area (Å²) in [5.41, 5.74) is 4.02. The predicted octanol–water partition coefficient (Wildman–Crippen LogP) is 1.40. The molecule has 2 aromatic rings. The number of ether oxygens (including phenoxy) is 1. The molecule has 6 heteroatoms. The van der Waals surface area contributed by atoms with Gasteiger partial charge in [-0.25, -0.2) is 10.8 Å². The minimum atomic E-state index is -0.0240. The zero-order valence-corrected chi connectivity index (χ0v) is 11.5. The molecule has 3 N–H and O–H groups in total. The number of carbonyl (C=O) groups excluding carboxylic acids is 1. The third-order valence-corrected chi connectivity index (χ3v) is 3.37. The molecule has 108 valence electrons. The molecule has 1 aromatic carbocycles. The normalized spacial score (nSPS) is 14.1. The lowest BCUT2D eigenvalue weighted by Gasteiger charge is -2.19. The zero-order chi connectivity index (χ0) is 14.7. The third-order valence-electron chi connectivity index (χ3n) is 3.37. The van der Waals surface area contributed by atoms with E-state index in [-0.39, 0.29) is 5.91 Å². The van der Waals surface area contributed by atoms with Gasteiger partial charge in [0, 0.05) is 12.7 Å². The number of amides is 1. The van der Waals surface area contributed by atoms with Crippen LogP contribution in [0.2, 0.25) is 0 Å². The van der Waals surface area contributed by atoms with Crippen molar-refractivity contribution in [1.29, 1.82) is 0 Å². The molecule has 0 spiro atoms. The maximum Gasteiger partial charge on any atom is 0.258 e. The number of pyridine rings is 1. The highest BCUT2D eigenvalue weighted by Gasteiger charge is 2.23. The lowest BCUT2D eigenvalue weighted by Crippen LogP contribution is -2.31. The van der Waals surface area contributed by atoms with Gasteiger partial charge in [0.05, 0.1) is 12.1 Å². The molecule has 0 fully saturated rings. The molecule has 21 heavy (non-hydrogen) atoms. The molecular formula is C15H16N4O2. The van der Waals surface area contributed by atoms with Crippen molar-refractivity contribution in [3.63, 3.8) is 0 Å². The number of nitrogen functional groups attached to an aromatic ring is 1. The largest absolute Gasteiger partial charge is 0.491 e. The van der Waals surface area contributed by atoms with Crippen LogP contribution >= 0.6 is 0 Å². The van der Waals surface area contributed by atoms with Gasteiger partial charge >= 0.3 is 0 Å². The quantitative estimate of drug-likeness (QED) is 0.658. The Morgan fingerprint density at radius 3 is 2.90 bits per heavy atom. The number of hydrogen-bond acceptors (Lipinski definition) is 5. The molecular weight excluding hydrogens is 268 g/mol. The number of carbonyl (C=O) groups is 1. The minimum absolute atomic E-state index is 0.0240. The highest BCUT2D eigenvalue weighted by molar-refractivity contribution is 5.97. The van der Waals surface area contributed by atoms with Crippen LogP contribution in [0.3, 0.4) is 0 Å². The van der Waals surface area contributed by atoms with Gasteiger partial charge in [-0.05, 0) is 23.8 Å². The van der Waals surface area contributed by atoms with Crippen LogP contribution in [0.5, 0.6) is 5.75 Å². The van der Waals surface area contributed by atoms with Crippen LogP contribution in [0, 0.1) is 0 Å². The minimum Gasteiger partial charge on any atom is -0.491 e. The first-order chi connectivity index (χ1) is 10.3. The van der Waals surface area contributed by atoms with E-state index in [1.165, 1.54) is 0 Å². The fourth-order valence-corrected chi connectivity index (χ4v) is 2.28. The molecule has 6 nitrogen and oxygen atoms in total. The van der Waals surface area contributed by atoms with Crippen LogP contribution in [0.4, 0.5) is 5.82 Å². The molecule has 1 amide bonds. The monoisotopic (exact) mass is 284 g/mol. The Bertz CT molecular complexity index is 642. The van der Waals surface area contributed by atoms with Crippen LogP contribution < -0.4 is 16.0 Å². The lowest BCUT2D eigenvalue weighted by molar-refractivity contribution is 0.0743. The summed E-state index contributed by atoms with van der Waals surface area (Å²) in [5, 5.41) is 0. The van der Waals surface area contributed by atoms with Gasteiger partial charge in [-0.2, -0.15) is 0 Å². The molecule has 3 rings (SSSR count). The summed E-state index contributed by atoms with van der Waals surface area (Å²) in [6.07, 6.45) is 1.71. The van der Waals surface area contributed by atoms with Crippen molar-refractivity contribution in [2.45, 2.75) is 6.54 Å². The van der Waals surface area contributed by atoms with Gasteiger partial charge in [0.2, 0.25) is 0 Å². The first-order valence-electron chi connectivity index (χ1n) is 6.70. The second-order valence-electron chi connectivity index (χ2n) is 4.77. The van der Waals surface area contributed by atoms with E-state index < -0.39 is 0 Å². The van der Waals surface area contributed by atoms with E-state index in [0.717, 1.165) is 5.56 Å². The van der Waals surface area contributed by atoms with Crippen molar-refractivity contribution in [2.75, 3.05) is 18.6 Å². The van der Waals surface area contributed by atoms with Gasteiger partial charge in [-0.1, -0.05) is 18.2 Å². The Labute approximate surface area is 122 Å². The smallest absolute Gasteiger partial charge is 0.258 e.